The van der Waals surface area contributed by atoms with Crippen molar-refractivity contribution in [2.24, 2.45) is 0 Å². The van der Waals surface area contributed by atoms with Crippen LogP contribution in [0.1, 0.15) is 11.3 Å². The van der Waals surface area contributed by atoms with Gasteiger partial charge in [0.05, 0.1) is 12.7 Å². The summed E-state index contributed by atoms with van der Waals surface area (Å²) < 4.78 is 12.7. The van der Waals surface area contributed by atoms with Gasteiger partial charge in [-0.3, -0.25) is 4.79 Å². The Morgan fingerprint density at radius 2 is 1.93 bits per heavy atom. The van der Waals surface area contributed by atoms with E-state index in [2.05, 4.69) is 15.6 Å². The molecule has 0 bridgehead atoms. The number of amides is 1. The van der Waals surface area contributed by atoms with Gasteiger partial charge in [-0.25, -0.2) is 4.68 Å². The van der Waals surface area contributed by atoms with Crippen molar-refractivity contribution in [1.29, 1.82) is 0 Å². The summed E-state index contributed by atoms with van der Waals surface area (Å²) in [4.78, 5) is 12.1. The fourth-order valence-electron chi connectivity index (χ4n) is 2.70. The van der Waals surface area contributed by atoms with Crippen LogP contribution in [0, 0.1) is 0 Å². The molecule has 0 radical (unpaired) electrons. The van der Waals surface area contributed by atoms with E-state index in [-0.39, 0.29) is 5.91 Å². The van der Waals surface area contributed by atoms with Crippen LogP contribution in [0.15, 0.2) is 60.8 Å². The van der Waals surface area contributed by atoms with Crippen molar-refractivity contribution in [1.82, 2.24) is 15.0 Å². The van der Waals surface area contributed by atoms with Gasteiger partial charge in [-0.2, -0.15) is 0 Å². The van der Waals surface area contributed by atoms with Crippen LogP contribution in [-0.2, 0) is 11.3 Å². The van der Waals surface area contributed by atoms with Crippen LogP contribution in [0.5, 0.6) is 11.5 Å². The molecule has 136 valence electrons. The van der Waals surface area contributed by atoms with Crippen molar-refractivity contribution in [2.75, 3.05) is 18.5 Å². The third kappa shape index (κ3) is 4.33. The number of ether oxygens (including phenoxy) is 2. The van der Waals surface area contributed by atoms with E-state index in [0.29, 0.717) is 42.6 Å². The van der Waals surface area contributed by atoms with E-state index < -0.39 is 0 Å². The summed E-state index contributed by atoms with van der Waals surface area (Å²) in [6.45, 7) is 1.67. The molecule has 0 unspecified atom stereocenters. The van der Waals surface area contributed by atoms with Crippen LogP contribution in [0.2, 0.25) is 0 Å². The van der Waals surface area contributed by atoms with Crippen LogP contribution >= 0.6 is 0 Å². The first kappa shape index (κ1) is 16.8. The quantitative estimate of drug-likeness (QED) is 0.706. The lowest BCUT2D eigenvalue weighted by molar-refractivity contribution is -0.111. The molecule has 0 saturated heterocycles. The highest BCUT2D eigenvalue weighted by molar-refractivity contribution is 6.01. The highest BCUT2D eigenvalue weighted by atomic mass is 16.6. The number of carbonyl (C=O) groups excluding carboxylic acids is 1. The zero-order valence-electron chi connectivity index (χ0n) is 14.5. The molecule has 7 heteroatoms. The van der Waals surface area contributed by atoms with Gasteiger partial charge in [-0.05, 0) is 23.8 Å². The van der Waals surface area contributed by atoms with Gasteiger partial charge in [0.25, 0.3) is 0 Å². The number of rotatable bonds is 5. The summed E-state index contributed by atoms with van der Waals surface area (Å²) in [6.07, 6.45) is 4.84. The minimum absolute atomic E-state index is 0.260. The van der Waals surface area contributed by atoms with Crippen molar-refractivity contribution < 1.29 is 14.3 Å². The lowest BCUT2D eigenvalue weighted by atomic mass is 10.2. The second-order valence-electron chi connectivity index (χ2n) is 6.01. The zero-order valence-corrected chi connectivity index (χ0v) is 14.5. The van der Waals surface area contributed by atoms with Crippen molar-refractivity contribution in [3.05, 3.63) is 72.1 Å². The van der Waals surface area contributed by atoms with Crippen molar-refractivity contribution in [2.45, 2.75) is 6.54 Å². The maximum Gasteiger partial charge on any atom is 0.248 e. The lowest BCUT2D eigenvalue weighted by Gasteiger charge is -2.18. The summed E-state index contributed by atoms with van der Waals surface area (Å²) in [7, 11) is 0. The molecule has 1 aromatic heterocycles. The van der Waals surface area contributed by atoms with E-state index in [9.17, 15) is 4.79 Å². The monoisotopic (exact) mass is 362 g/mol. The molecule has 1 aliphatic rings. The first-order valence-corrected chi connectivity index (χ1v) is 8.59. The Balaban J connectivity index is 1.36. The normalized spacial score (nSPS) is 12.9. The molecule has 2 heterocycles. The first-order valence-electron chi connectivity index (χ1n) is 8.59. The first-order chi connectivity index (χ1) is 13.3. The molecule has 0 saturated carbocycles. The number of aromatic nitrogens is 3. The van der Waals surface area contributed by atoms with Crippen LogP contribution in [0.4, 0.5) is 5.69 Å². The summed E-state index contributed by atoms with van der Waals surface area (Å²) in [5.41, 5.74) is 2.39. The van der Waals surface area contributed by atoms with Crippen LogP contribution < -0.4 is 14.8 Å². The predicted octanol–water partition coefficient (Wildman–Crippen LogP) is 2.75. The van der Waals surface area contributed by atoms with Crippen LogP contribution in [0.3, 0.4) is 0 Å². The number of carbonyl (C=O) groups is 1. The van der Waals surface area contributed by atoms with Crippen molar-refractivity contribution in [3.63, 3.8) is 0 Å². The minimum Gasteiger partial charge on any atom is -0.486 e. The van der Waals surface area contributed by atoms with Crippen molar-refractivity contribution in [3.8, 4) is 11.5 Å². The Hall–Kier alpha value is -3.61. The smallest absolute Gasteiger partial charge is 0.248 e. The number of hydrogen-bond acceptors (Lipinski definition) is 5. The molecule has 7 nitrogen and oxygen atoms in total. The number of benzene rings is 2. The minimum atomic E-state index is -0.260. The SMILES string of the molecule is O=C(/C=C/c1cn(Cc2ccccc2)nn1)Nc1ccc2c(c1)OCCO2. The molecule has 2 aromatic carbocycles. The largest absolute Gasteiger partial charge is 0.486 e. The lowest BCUT2D eigenvalue weighted by Crippen LogP contribution is -2.16. The predicted molar refractivity (Wildman–Crippen MR) is 101 cm³/mol. The van der Waals surface area contributed by atoms with E-state index in [1.54, 1.807) is 35.2 Å². The van der Waals surface area contributed by atoms with Gasteiger partial charge in [0.15, 0.2) is 11.5 Å². The van der Waals surface area contributed by atoms with Gasteiger partial charge in [0.2, 0.25) is 5.91 Å². The Morgan fingerprint density at radius 3 is 2.78 bits per heavy atom. The Labute approximate surface area is 156 Å². The van der Waals surface area contributed by atoms with Gasteiger partial charge in [0.1, 0.15) is 18.9 Å². The molecule has 0 atom stereocenters. The van der Waals surface area contributed by atoms with Crippen molar-refractivity contribution >= 4 is 17.7 Å². The third-order valence-electron chi connectivity index (χ3n) is 3.96. The second kappa shape index (κ2) is 7.74. The molecule has 27 heavy (non-hydrogen) atoms. The van der Waals surface area contributed by atoms with Crippen LogP contribution in [-0.4, -0.2) is 34.1 Å². The molecular weight excluding hydrogens is 344 g/mol. The second-order valence-corrected chi connectivity index (χ2v) is 6.01. The number of nitrogens with zero attached hydrogens (tertiary/aromatic N) is 3. The molecule has 1 amide bonds. The Morgan fingerprint density at radius 1 is 1.11 bits per heavy atom. The average Bonchev–Trinajstić information content (AvgIpc) is 3.14. The fourth-order valence-corrected chi connectivity index (χ4v) is 2.70. The summed E-state index contributed by atoms with van der Waals surface area (Å²) in [6, 6.07) is 15.3. The molecule has 0 spiro atoms. The van der Waals surface area contributed by atoms with Gasteiger partial charge in [-0.15, -0.1) is 5.10 Å². The zero-order chi connectivity index (χ0) is 18.5. The maximum absolute atomic E-state index is 12.1. The van der Waals surface area contributed by atoms with E-state index in [1.165, 1.54) is 6.08 Å². The van der Waals surface area contributed by atoms with E-state index in [0.717, 1.165) is 5.56 Å². The molecule has 4 rings (SSSR count). The van der Waals surface area contributed by atoms with Crippen LogP contribution in [0.25, 0.3) is 6.08 Å². The van der Waals surface area contributed by atoms with Gasteiger partial charge < -0.3 is 14.8 Å². The summed E-state index contributed by atoms with van der Waals surface area (Å²) in [5.74, 6) is 1.06. The molecule has 1 aliphatic heterocycles. The molecule has 3 aromatic rings. The number of hydrogen-bond donors (Lipinski definition) is 1. The highest BCUT2D eigenvalue weighted by Gasteiger charge is 2.12. The fraction of sp³-hybridized carbons (Fsp3) is 0.150. The summed E-state index contributed by atoms with van der Waals surface area (Å²) >= 11 is 0. The Bertz CT molecular complexity index is 966. The average molecular weight is 362 g/mol. The summed E-state index contributed by atoms with van der Waals surface area (Å²) in [5, 5.41) is 10.9. The van der Waals surface area contributed by atoms with E-state index in [1.807, 2.05) is 30.3 Å². The third-order valence-corrected chi connectivity index (χ3v) is 3.96. The van der Waals surface area contributed by atoms with Gasteiger partial charge >= 0.3 is 0 Å². The molecular formula is C20H18N4O3. The van der Waals surface area contributed by atoms with Gasteiger partial charge in [0, 0.05) is 17.8 Å². The highest BCUT2D eigenvalue weighted by Crippen LogP contribution is 2.32. The van der Waals surface area contributed by atoms with E-state index >= 15 is 0 Å². The molecule has 1 N–H and O–H groups in total. The maximum atomic E-state index is 12.1. The Kier molecular flexibility index (Phi) is 4.82. The standard InChI is InChI=1S/C20H18N4O3/c25-20(21-16-6-8-18-19(12-16)27-11-10-26-18)9-7-17-14-24(23-22-17)13-15-4-2-1-3-5-15/h1-9,12,14H,10-11,13H2,(H,21,25)/b9-7+. The number of nitrogens with one attached hydrogen (secondary N) is 1. The molecule has 0 aliphatic carbocycles. The number of fused-ring (bicyclic) bond motifs is 1. The van der Waals surface area contributed by atoms with E-state index in [4.69, 9.17) is 9.47 Å². The number of anilines is 1. The topological polar surface area (TPSA) is 78.3 Å². The van der Waals surface area contributed by atoms with Gasteiger partial charge in [-0.1, -0.05) is 35.5 Å². The molecule has 0 fully saturated rings.